The molecule has 0 radical (unpaired) electrons. The monoisotopic (exact) mass is 228 g/mol. The Balaban J connectivity index is 2.57. The molecule has 2 nitrogen and oxygen atoms in total. The van der Waals surface area contributed by atoms with Crippen molar-refractivity contribution in [3.05, 3.63) is 41.7 Å². The molecule has 0 saturated carbocycles. The second-order valence-corrected chi connectivity index (χ2v) is 5.00. The zero-order valence-electron chi connectivity index (χ0n) is 10.8. The molecule has 2 rings (SSSR count). The molecule has 0 fully saturated rings. The standard InChI is InChI=1S/C15H20N2/c1-10(2)15-9-17-8-13-6-12(11(3)7-16)4-5-14(13)15/h4-6,8-11H,7,16H2,1-3H3. The summed E-state index contributed by atoms with van der Waals surface area (Å²) in [6.07, 6.45) is 3.91. The molecule has 0 spiro atoms. The summed E-state index contributed by atoms with van der Waals surface area (Å²) < 4.78 is 0. The Hall–Kier alpha value is -1.41. The van der Waals surface area contributed by atoms with Gasteiger partial charge in [0.25, 0.3) is 0 Å². The van der Waals surface area contributed by atoms with Crippen molar-refractivity contribution in [2.75, 3.05) is 6.54 Å². The van der Waals surface area contributed by atoms with Crippen molar-refractivity contribution in [3.63, 3.8) is 0 Å². The Morgan fingerprint density at radius 2 is 1.94 bits per heavy atom. The van der Waals surface area contributed by atoms with Gasteiger partial charge in [-0.2, -0.15) is 0 Å². The van der Waals surface area contributed by atoms with Crippen LogP contribution in [0.3, 0.4) is 0 Å². The lowest BCUT2D eigenvalue weighted by molar-refractivity contribution is 0.775. The Bertz CT molecular complexity index is 517. The first-order chi connectivity index (χ1) is 8.13. The summed E-state index contributed by atoms with van der Waals surface area (Å²) in [6.45, 7) is 7.24. The summed E-state index contributed by atoms with van der Waals surface area (Å²) in [5.74, 6) is 0.908. The van der Waals surface area contributed by atoms with Crippen LogP contribution in [-0.4, -0.2) is 11.5 Å². The van der Waals surface area contributed by atoms with E-state index in [1.165, 1.54) is 21.9 Å². The molecule has 1 heterocycles. The first-order valence-corrected chi connectivity index (χ1v) is 6.21. The number of aromatic nitrogens is 1. The van der Waals surface area contributed by atoms with Gasteiger partial charge in [-0.3, -0.25) is 4.98 Å². The lowest BCUT2D eigenvalue weighted by Crippen LogP contribution is -2.08. The van der Waals surface area contributed by atoms with E-state index in [0.29, 0.717) is 18.4 Å². The van der Waals surface area contributed by atoms with Crippen LogP contribution in [0.4, 0.5) is 0 Å². The van der Waals surface area contributed by atoms with E-state index in [1.54, 1.807) is 0 Å². The minimum absolute atomic E-state index is 0.405. The normalized spacial score (nSPS) is 13.2. The highest BCUT2D eigenvalue weighted by Crippen LogP contribution is 2.26. The molecule has 0 saturated heterocycles. The van der Waals surface area contributed by atoms with Gasteiger partial charge in [-0.15, -0.1) is 0 Å². The van der Waals surface area contributed by atoms with Crippen molar-refractivity contribution in [2.45, 2.75) is 32.6 Å². The topological polar surface area (TPSA) is 38.9 Å². The van der Waals surface area contributed by atoms with E-state index < -0.39 is 0 Å². The fourth-order valence-corrected chi connectivity index (χ4v) is 2.12. The average Bonchev–Trinajstić information content (AvgIpc) is 2.36. The summed E-state index contributed by atoms with van der Waals surface area (Å²) in [7, 11) is 0. The van der Waals surface area contributed by atoms with E-state index in [9.17, 15) is 0 Å². The fourth-order valence-electron chi connectivity index (χ4n) is 2.12. The van der Waals surface area contributed by atoms with Gasteiger partial charge < -0.3 is 5.73 Å². The van der Waals surface area contributed by atoms with Crippen molar-refractivity contribution in [1.29, 1.82) is 0 Å². The SMILES string of the molecule is CC(C)c1cncc2cc(C(C)CN)ccc12. The molecular weight excluding hydrogens is 208 g/mol. The summed E-state index contributed by atoms with van der Waals surface area (Å²) in [5, 5.41) is 2.52. The molecule has 1 aromatic carbocycles. The van der Waals surface area contributed by atoms with Gasteiger partial charge in [-0.1, -0.05) is 32.9 Å². The molecule has 0 aliphatic rings. The molecule has 1 unspecified atom stereocenters. The van der Waals surface area contributed by atoms with Gasteiger partial charge in [0, 0.05) is 17.8 Å². The summed E-state index contributed by atoms with van der Waals surface area (Å²) >= 11 is 0. The third-order valence-electron chi connectivity index (χ3n) is 3.36. The molecule has 0 aliphatic carbocycles. The highest BCUT2D eigenvalue weighted by Gasteiger charge is 2.08. The number of hydrogen-bond acceptors (Lipinski definition) is 2. The van der Waals surface area contributed by atoms with Gasteiger partial charge in [0.15, 0.2) is 0 Å². The Labute approximate surface area is 103 Å². The first kappa shape index (κ1) is 12.1. The molecule has 0 amide bonds. The highest BCUT2D eigenvalue weighted by molar-refractivity contribution is 5.85. The van der Waals surface area contributed by atoms with Crippen LogP contribution in [0.15, 0.2) is 30.6 Å². The van der Waals surface area contributed by atoms with Gasteiger partial charge >= 0.3 is 0 Å². The van der Waals surface area contributed by atoms with E-state index in [1.807, 2.05) is 12.4 Å². The van der Waals surface area contributed by atoms with Crippen LogP contribution in [0.25, 0.3) is 10.8 Å². The summed E-state index contributed by atoms with van der Waals surface area (Å²) in [6, 6.07) is 6.60. The average molecular weight is 228 g/mol. The molecule has 0 bridgehead atoms. The number of rotatable bonds is 3. The van der Waals surface area contributed by atoms with Crippen molar-refractivity contribution in [3.8, 4) is 0 Å². The maximum Gasteiger partial charge on any atom is 0.0346 e. The zero-order valence-corrected chi connectivity index (χ0v) is 10.8. The van der Waals surface area contributed by atoms with Crippen LogP contribution in [0.2, 0.25) is 0 Å². The maximum absolute atomic E-state index is 5.71. The van der Waals surface area contributed by atoms with Crippen molar-refractivity contribution >= 4 is 10.8 Å². The largest absolute Gasteiger partial charge is 0.330 e. The number of benzene rings is 1. The highest BCUT2D eigenvalue weighted by atomic mass is 14.6. The predicted octanol–water partition coefficient (Wildman–Crippen LogP) is 3.42. The zero-order chi connectivity index (χ0) is 12.4. The first-order valence-electron chi connectivity index (χ1n) is 6.21. The Kier molecular flexibility index (Phi) is 3.43. The fraction of sp³-hybridized carbons (Fsp3) is 0.400. The minimum atomic E-state index is 0.405. The predicted molar refractivity (Wildman–Crippen MR) is 73.3 cm³/mol. The van der Waals surface area contributed by atoms with E-state index >= 15 is 0 Å². The second-order valence-electron chi connectivity index (χ2n) is 5.00. The second kappa shape index (κ2) is 4.84. The third kappa shape index (κ3) is 2.32. The van der Waals surface area contributed by atoms with Crippen molar-refractivity contribution in [1.82, 2.24) is 4.98 Å². The van der Waals surface area contributed by atoms with Crippen molar-refractivity contribution < 1.29 is 0 Å². The van der Waals surface area contributed by atoms with Crippen LogP contribution in [0.1, 0.15) is 43.7 Å². The van der Waals surface area contributed by atoms with Crippen molar-refractivity contribution in [2.24, 2.45) is 5.73 Å². The van der Waals surface area contributed by atoms with E-state index in [-0.39, 0.29) is 0 Å². The van der Waals surface area contributed by atoms with E-state index in [0.717, 1.165) is 0 Å². The van der Waals surface area contributed by atoms with Crippen LogP contribution >= 0.6 is 0 Å². The summed E-state index contributed by atoms with van der Waals surface area (Å²) in [4.78, 5) is 4.33. The molecule has 2 aromatic rings. The van der Waals surface area contributed by atoms with Crippen LogP contribution in [-0.2, 0) is 0 Å². The lowest BCUT2D eigenvalue weighted by atomic mass is 9.94. The molecule has 1 atom stereocenters. The molecule has 17 heavy (non-hydrogen) atoms. The molecule has 2 heteroatoms. The van der Waals surface area contributed by atoms with E-state index in [4.69, 9.17) is 5.73 Å². The van der Waals surface area contributed by atoms with Gasteiger partial charge in [0.2, 0.25) is 0 Å². The smallest absolute Gasteiger partial charge is 0.0346 e. The minimum Gasteiger partial charge on any atom is -0.330 e. The van der Waals surface area contributed by atoms with Gasteiger partial charge in [-0.05, 0) is 41.0 Å². The number of nitrogens with two attached hydrogens (primary N) is 1. The van der Waals surface area contributed by atoms with E-state index in [2.05, 4.69) is 44.0 Å². The third-order valence-corrected chi connectivity index (χ3v) is 3.36. The Morgan fingerprint density at radius 3 is 2.59 bits per heavy atom. The molecular formula is C15H20N2. The number of fused-ring (bicyclic) bond motifs is 1. The molecule has 0 aliphatic heterocycles. The summed E-state index contributed by atoms with van der Waals surface area (Å²) in [5.41, 5.74) is 8.32. The maximum atomic E-state index is 5.71. The van der Waals surface area contributed by atoms with Crippen LogP contribution in [0.5, 0.6) is 0 Å². The van der Waals surface area contributed by atoms with Gasteiger partial charge in [0.05, 0.1) is 0 Å². The number of hydrogen-bond donors (Lipinski definition) is 1. The van der Waals surface area contributed by atoms with Gasteiger partial charge in [0.1, 0.15) is 0 Å². The lowest BCUT2D eigenvalue weighted by Gasteiger charge is -2.13. The van der Waals surface area contributed by atoms with Gasteiger partial charge in [-0.25, -0.2) is 0 Å². The van der Waals surface area contributed by atoms with Crippen LogP contribution in [0, 0.1) is 0 Å². The quantitative estimate of drug-likeness (QED) is 0.874. The molecule has 1 aromatic heterocycles. The number of nitrogens with zero attached hydrogens (tertiary/aromatic N) is 1. The van der Waals surface area contributed by atoms with Crippen LogP contribution < -0.4 is 5.73 Å². The molecule has 90 valence electrons. The Morgan fingerprint density at radius 1 is 1.18 bits per heavy atom. The molecule has 2 N–H and O–H groups in total. The number of pyridine rings is 1.